The summed E-state index contributed by atoms with van der Waals surface area (Å²) in [4.78, 5) is 2.29. The van der Waals surface area contributed by atoms with Gasteiger partial charge >= 0.3 is 7.12 Å². The summed E-state index contributed by atoms with van der Waals surface area (Å²) in [7, 11) is 4.20. The minimum atomic E-state index is -1.20. The van der Waals surface area contributed by atoms with Crippen LogP contribution < -0.4 is 15.2 Å². The first-order valence-corrected chi connectivity index (χ1v) is 8.97. The van der Waals surface area contributed by atoms with Crippen molar-refractivity contribution in [2.24, 2.45) is 5.73 Å². The fraction of sp³-hybridized carbons (Fsp3) is 0.667. The van der Waals surface area contributed by atoms with Crippen LogP contribution in [0, 0.1) is 0 Å². The Morgan fingerprint density at radius 3 is 2.44 bits per heavy atom. The van der Waals surface area contributed by atoms with E-state index in [9.17, 15) is 0 Å². The van der Waals surface area contributed by atoms with Gasteiger partial charge in [0.05, 0.1) is 14.2 Å². The van der Waals surface area contributed by atoms with Gasteiger partial charge in [-0.05, 0) is 56.9 Å². The number of likely N-dealkylation sites (N-methyl/N-ethyl adjacent to an activating group) is 1. The molecule has 0 aliphatic heterocycles. The molecule has 0 heterocycles. The standard InChI is InChI=1S/C18H33BN2O4/c1-21(13-10-16(20)6-4-5-11-19(22)23)12-9-15-7-8-17(24-2)18(14-15)25-3/h7-8,14,16,22-23H,4-6,9-13,20H2,1-3H3. The van der Waals surface area contributed by atoms with Crippen molar-refractivity contribution in [3.05, 3.63) is 23.8 Å². The molecule has 0 radical (unpaired) electrons. The monoisotopic (exact) mass is 352 g/mol. The molecular weight excluding hydrogens is 319 g/mol. The van der Waals surface area contributed by atoms with E-state index in [0.29, 0.717) is 6.32 Å². The number of nitrogens with zero attached hydrogens (tertiary/aromatic N) is 1. The van der Waals surface area contributed by atoms with E-state index in [1.54, 1.807) is 14.2 Å². The van der Waals surface area contributed by atoms with Crippen LogP contribution in [-0.2, 0) is 6.42 Å². The van der Waals surface area contributed by atoms with Crippen LogP contribution in [0.3, 0.4) is 0 Å². The smallest absolute Gasteiger partial charge is 0.451 e. The van der Waals surface area contributed by atoms with Gasteiger partial charge in [0.1, 0.15) is 0 Å². The first kappa shape index (κ1) is 21.8. The maximum Gasteiger partial charge on any atom is 0.451 e. The van der Waals surface area contributed by atoms with Crippen LogP contribution in [0.4, 0.5) is 0 Å². The summed E-state index contributed by atoms with van der Waals surface area (Å²) in [6.45, 7) is 1.91. The molecular formula is C18H33BN2O4. The summed E-state index contributed by atoms with van der Waals surface area (Å²) in [5.74, 6) is 1.51. The molecule has 25 heavy (non-hydrogen) atoms. The summed E-state index contributed by atoms with van der Waals surface area (Å²) in [6.07, 6.45) is 4.99. The first-order chi connectivity index (χ1) is 12.0. The quantitative estimate of drug-likeness (QED) is 0.369. The van der Waals surface area contributed by atoms with E-state index in [1.807, 2.05) is 12.1 Å². The van der Waals surface area contributed by atoms with Crippen LogP contribution >= 0.6 is 0 Å². The second-order valence-corrected chi connectivity index (χ2v) is 6.56. The van der Waals surface area contributed by atoms with E-state index in [0.717, 1.165) is 56.7 Å². The SMILES string of the molecule is COc1ccc(CCN(C)CCC(N)CCCCB(O)O)cc1OC. The molecule has 0 spiro atoms. The number of methoxy groups -OCH3 is 2. The van der Waals surface area contributed by atoms with E-state index >= 15 is 0 Å². The predicted molar refractivity (Wildman–Crippen MR) is 102 cm³/mol. The lowest BCUT2D eigenvalue weighted by Gasteiger charge is -2.19. The average Bonchev–Trinajstić information content (AvgIpc) is 2.61. The fourth-order valence-electron chi connectivity index (χ4n) is 2.73. The molecule has 0 saturated carbocycles. The second kappa shape index (κ2) is 12.1. The Labute approximate surface area is 152 Å². The molecule has 0 aliphatic carbocycles. The van der Waals surface area contributed by atoms with Crippen molar-refractivity contribution >= 4 is 7.12 Å². The fourth-order valence-corrected chi connectivity index (χ4v) is 2.73. The highest BCUT2D eigenvalue weighted by Gasteiger charge is 2.09. The number of nitrogens with two attached hydrogens (primary N) is 1. The van der Waals surface area contributed by atoms with Gasteiger partial charge in [0.25, 0.3) is 0 Å². The van der Waals surface area contributed by atoms with Gasteiger partial charge in [0, 0.05) is 12.6 Å². The van der Waals surface area contributed by atoms with Gasteiger partial charge < -0.3 is 30.2 Å². The summed E-state index contributed by atoms with van der Waals surface area (Å²) in [6, 6.07) is 6.19. The topological polar surface area (TPSA) is 88.2 Å². The van der Waals surface area contributed by atoms with Crippen molar-refractivity contribution in [2.75, 3.05) is 34.4 Å². The lowest BCUT2D eigenvalue weighted by atomic mass is 9.83. The molecule has 0 bridgehead atoms. The van der Waals surface area contributed by atoms with Gasteiger partial charge in [-0.1, -0.05) is 18.9 Å². The summed E-state index contributed by atoms with van der Waals surface area (Å²) in [5.41, 5.74) is 7.35. The molecule has 0 amide bonds. The maximum absolute atomic E-state index is 8.81. The molecule has 1 aromatic carbocycles. The normalized spacial score (nSPS) is 12.3. The summed E-state index contributed by atoms with van der Waals surface area (Å²) < 4.78 is 10.6. The van der Waals surface area contributed by atoms with Gasteiger partial charge in [-0.15, -0.1) is 0 Å². The van der Waals surface area contributed by atoms with Crippen LogP contribution in [0.5, 0.6) is 11.5 Å². The Kier molecular flexibility index (Phi) is 10.6. The van der Waals surface area contributed by atoms with E-state index in [2.05, 4.69) is 18.0 Å². The lowest BCUT2D eigenvalue weighted by molar-refractivity contribution is 0.316. The molecule has 6 nitrogen and oxygen atoms in total. The van der Waals surface area contributed by atoms with Crippen molar-refractivity contribution < 1.29 is 19.5 Å². The van der Waals surface area contributed by atoms with Crippen molar-refractivity contribution in [1.29, 1.82) is 0 Å². The third-order valence-electron chi connectivity index (χ3n) is 4.40. The average molecular weight is 352 g/mol. The third-order valence-corrected chi connectivity index (χ3v) is 4.40. The van der Waals surface area contributed by atoms with Gasteiger partial charge in [0.2, 0.25) is 0 Å². The summed E-state index contributed by atoms with van der Waals surface area (Å²) >= 11 is 0. The molecule has 0 saturated heterocycles. The zero-order valence-corrected chi connectivity index (χ0v) is 15.8. The highest BCUT2D eigenvalue weighted by atomic mass is 16.5. The maximum atomic E-state index is 8.81. The molecule has 1 rings (SSSR count). The van der Waals surface area contributed by atoms with Gasteiger partial charge in [-0.25, -0.2) is 0 Å². The van der Waals surface area contributed by atoms with Crippen molar-refractivity contribution in [1.82, 2.24) is 4.90 Å². The highest BCUT2D eigenvalue weighted by Crippen LogP contribution is 2.27. The first-order valence-electron chi connectivity index (χ1n) is 8.97. The molecule has 1 unspecified atom stereocenters. The Morgan fingerprint density at radius 1 is 1.08 bits per heavy atom. The molecule has 0 aromatic heterocycles. The highest BCUT2D eigenvalue weighted by molar-refractivity contribution is 6.40. The number of rotatable bonds is 13. The number of ether oxygens (including phenoxy) is 2. The molecule has 1 atom stereocenters. The minimum absolute atomic E-state index is 0.166. The number of hydrogen-bond donors (Lipinski definition) is 3. The largest absolute Gasteiger partial charge is 0.493 e. The van der Waals surface area contributed by atoms with Crippen LogP contribution in [0.15, 0.2) is 18.2 Å². The van der Waals surface area contributed by atoms with E-state index in [-0.39, 0.29) is 6.04 Å². The molecule has 142 valence electrons. The zero-order chi connectivity index (χ0) is 18.7. The Morgan fingerprint density at radius 2 is 1.80 bits per heavy atom. The van der Waals surface area contributed by atoms with Crippen LogP contribution in [0.2, 0.25) is 6.32 Å². The number of hydrogen-bond acceptors (Lipinski definition) is 6. The predicted octanol–water partition coefficient (Wildman–Crippen LogP) is 1.54. The van der Waals surface area contributed by atoms with Gasteiger partial charge in [0.15, 0.2) is 11.5 Å². The van der Waals surface area contributed by atoms with Crippen molar-refractivity contribution in [3.8, 4) is 11.5 Å². The van der Waals surface area contributed by atoms with Crippen molar-refractivity contribution in [2.45, 2.75) is 44.5 Å². The lowest BCUT2D eigenvalue weighted by Crippen LogP contribution is -2.29. The van der Waals surface area contributed by atoms with E-state index in [4.69, 9.17) is 25.3 Å². The minimum Gasteiger partial charge on any atom is -0.493 e. The molecule has 7 heteroatoms. The molecule has 0 aliphatic rings. The molecule has 0 fully saturated rings. The van der Waals surface area contributed by atoms with E-state index < -0.39 is 7.12 Å². The van der Waals surface area contributed by atoms with Crippen LogP contribution in [0.25, 0.3) is 0 Å². The Bertz CT molecular complexity index is 488. The third kappa shape index (κ3) is 9.11. The van der Waals surface area contributed by atoms with Gasteiger partial charge in [-0.2, -0.15) is 0 Å². The van der Waals surface area contributed by atoms with Gasteiger partial charge in [-0.3, -0.25) is 0 Å². The van der Waals surface area contributed by atoms with Crippen molar-refractivity contribution in [3.63, 3.8) is 0 Å². The van der Waals surface area contributed by atoms with Crippen LogP contribution in [0.1, 0.15) is 31.2 Å². The number of benzene rings is 1. The molecule has 4 N–H and O–H groups in total. The Hall–Kier alpha value is -1.28. The summed E-state index contributed by atoms with van der Waals surface area (Å²) in [5, 5.41) is 17.6. The number of unbranched alkanes of at least 4 members (excludes halogenated alkanes) is 1. The molecule has 1 aromatic rings. The van der Waals surface area contributed by atoms with E-state index in [1.165, 1.54) is 5.56 Å². The van der Waals surface area contributed by atoms with Crippen LogP contribution in [-0.4, -0.2) is 62.5 Å². The zero-order valence-electron chi connectivity index (χ0n) is 15.8. The second-order valence-electron chi connectivity index (χ2n) is 6.56. The Balaban J connectivity index is 2.25.